The molecule has 2 heterocycles. The Kier molecular flexibility index (Phi) is 8.28. The van der Waals surface area contributed by atoms with Crippen molar-refractivity contribution in [2.45, 2.75) is 82.6 Å². The lowest BCUT2D eigenvalue weighted by Crippen LogP contribution is -2.59. The number of carboxylic acid groups (broad SMARTS) is 1. The lowest BCUT2D eigenvalue weighted by molar-refractivity contribution is -0.146. The molecule has 0 bridgehead atoms. The first-order valence-corrected chi connectivity index (χ1v) is 12.4. The molecule has 0 spiro atoms. The molecule has 36 heavy (non-hydrogen) atoms. The summed E-state index contributed by atoms with van der Waals surface area (Å²) in [7, 11) is 0. The number of likely N-dealkylation sites (tertiary alicyclic amines) is 2. The maximum absolute atomic E-state index is 13.5. The van der Waals surface area contributed by atoms with Gasteiger partial charge in [-0.15, -0.1) is 0 Å². The molecule has 3 amide bonds. The molecule has 1 aromatic rings. The molecule has 3 N–H and O–H groups in total. The number of rotatable bonds is 6. The van der Waals surface area contributed by atoms with E-state index >= 15 is 0 Å². The highest BCUT2D eigenvalue weighted by Gasteiger charge is 2.47. The average Bonchev–Trinajstić information content (AvgIpc) is 3.31. The monoisotopic (exact) mass is 503 g/mol. The summed E-state index contributed by atoms with van der Waals surface area (Å²) in [5.74, 6) is -1.99. The number of aliphatic hydroxyl groups excluding tert-OH is 1. The predicted octanol–water partition coefficient (Wildman–Crippen LogP) is 1.90. The van der Waals surface area contributed by atoms with Crippen LogP contribution in [0.1, 0.15) is 58.9 Å². The van der Waals surface area contributed by atoms with E-state index < -0.39 is 47.2 Å². The van der Waals surface area contributed by atoms with Crippen molar-refractivity contribution in [3.63, 3.8) is 0 Å². The molecule has 2 fully saturated rings. The van der Waals surface area contributed by atoms with E-state index in [1.807, 2.05) is 30.3 Å². The zero-order valence-corrected chi connectivity index (χ0v) is 21.4. The SMILES string of the molecule is C[C@@H](O)[C@@H](NC(=O)C1(c2ccccc2)CCN(C(=O)[C@H]2CCCN2C(=O)OC(C)(C)C)CC1)C(=O)O. The minimum absolute atomic E-state index is 0.173. The quantitative estimate of drug-likeness (QED) is 0.539. The Morgan fingerprint density at radius 2 is 1.69 bits per heavy atom. The van der Waals surface area contributed by atoms with Crippen LogP contribution in [-0.4, -0.2) is 87.3 Å². The Labute approximate surface area is 211 Å². The van der Waals surface area contributed by atoms with Crippen molar-refractivity contribution < 1.29 is 34.1 Å². The zero-order chi connectivity index (χ0) is 26.7. The van der Waals surface area contributed by atoms with Gasteiger partial charge in [0.1, 0.15) is 11.6 Å². The lowest BCUT2D eigenvalue weighted by Gasteiger charge is -2.42. The molecule has 1 aromatic carbocycles. The highest BCUT2D eigenvalue weighted by atomic mass is 16.6. The zero-order valence-electron chi connectivity index (χ0n) is 21.4. The van der Waals surface area contributed by atoms with E-state index in [4.69, 9.17) is 4.74 Å². The molecule has 0 aliphatic carbocycles. The molecular weight excluding hydrogens is 466 g/mol. The van der Waals surface area contributed by atoms with E-state index in [9.17, 15) is 29.4 Å². The standard InChI is InChI=1S/C26H37N3O7/c1-17(30)20(22(32)33)27-23(34)26(18-9-6-5-7-10-18)12-15-28(16-13-26)21(31)19-11-8-14-29(19)24(35)36-25(2,3)4/h5-7,9-10,17,19-20,30H,8,11-16H2,1-4H3,(H,27,34)(H,32,33)/t17-,19-,20-/m1/s1. The van der Waals surface area contributed by atoms with Crippen molar-refractivity contribution in [2.75, 3.05) is 19.6 Å². The van der Waals surface area contributed by atoms with Gasteiger partial charge < -0.3 is 25.2 Å². The number of carbonyl (C=O) groups excluding carboxylic acids is 3. The first-order valence-electron chi connectivity index (χ1n) is 12.4. The number of carboxylic acids is 1. The molecule has 10 heteroatoms. The van der Waals surface area contributed by atoms with Gasteiger partial charge in [-0.25, -0.2) is 9.59 Å². The Morgan fingerprint density at radius 3 is 2.22 bits per heavy atom. The first-order chi connectivity index (χ1) is 16.9. The number of hydrogen-bond acceptors (Lipinski definition) is 6. The maximum Gasteiger partial charge on any atom is 0.410 e. The van der Waals surface area contributed by atoms with Crippen LogP contribution in [0.4, 0.5) is 4.79 Å². The number of nitrogens with one attached hydrogen (secondary N) is 1. The van der Waals surface area contributed by atoms with Gasteiger partial charge in [-0.2, -0.15) is 0 Å². The number of benzene rings is 1. The van der Waals surface area contributed by atoms with Crippen LogP contribution >= 0.6 is 0 Å². The molecule has 0 aromatic heterocycles. The Morgan fingerprint density at radius 1 is 1.08 bits per heavy atom. The molecule has 10 nitrogen and oxygen atoms in total. The van der Waals surface area contributed by atoms with E-state index in [0.717, 1.165) is 5.56 Å². The van der Waals surface area contributed by atoms with Gasteiger partial charge in [-0.05, 0) is 58.9 Å². The van der Waals surface area contributed by atoms with Crippen LogP contribution in [0.5, 0.6) is 0 Å². The number of aliphatic carboxylic acids is 1. The minimum Gasteiger partial charge on any atom is -0.480 e. The number of aliphatic hydroxyl groups is 1. The number of carbonyl (C=O) groups is 4. The second kappa shape index (κ2) is 10.9. The molecule has 0 radical (unpaired) electrons. The molecule has 2 aliphatic heterocycles. The lowest BCUT2D eigenvalue weighted by atomic mass is 9.71. The summed E-state index contributed by atoms with van der Waals surface area (Å²) < 4.78 is 5.48. The fraction of sp³-hybridized carbons (Fsp3) is 0.615. The highest BCUT2D eigenvalue weighted by Crippen LogP contribution is 2.37. The number of ether oxygens (including phenoxy) is 1. The van der Waals surface area contributed by atoms with Crippen LogP contribution in [0.25, 0.3) is 0 Å². The Balaban J connectivity index is 1.77. The van der Waals surface area contributed by atoms with E-state index in [2.05, 4.69) is 5.32 Å². The fourth-order valence-corrected chi connectivity index (χ4v) is 4.95. The van der Waals surface area contributed by atoms with E-state index in [0.29, 0.717) is 19.4 Å². The van der Waals surface area contributed by atoms with Crippen LogP contribution in [-0.2, 0) is 24.5 Å². The molecule has 3 atom stereocenters. The summed E-state index contributed by atoms with van der Waals surface area (Å²) >= 11 is 0. The molecule has 2 aliphatic rings. The third-order valence-corrected chi connectivity index (χ3v) is 6.89. The number of amides is 3. The van der Waals surface area contributed by atoms with Crippen molar-refractivity contribution in [2.24, 2.45) is 0 Å². The second-order valence-corrected chi connectivity index (χ2v) is 10.6. The van der Waals surface area contributed by atoms with E-state index in [-0.39, 0.29) is 31.8 Å². The average molecular weight is 504 g/mol. The van der Waals surface area contributed by atoms with Crippen LogP contribution in [0.3, 0.4) is 0 Å². The Bertz CT molecular complexity index is 965. The molecule has 198 valence electrons. The summed E-state index contributed by atoms with van der Waals surface area (Å²) in [5.41, 5.74) is -0.997. The summed E-state index contributed by atoms with van der Waals surface area (Å²) in [6, 6.07) is 7.02. The van der Waals surface area contributed by atoms with Gasteiger partial charge in [0.2, 0.25) is 11.8 Å². The van der Waals surface area contributed by atoms with Gasteiger partial charge in [0.25, 0.3) is 0 Å². The van der Waals surface area contributed by atoms with Crippen molar-refractivity contribution in [3.8, 4) is 0 Å². The third-order valence-electron chi connectivity index (χ3n) is 6.89. The molecule has 3 rings (SSSR count). The van der Waals surface area contributed by atoms with Crippen LogP contribution < -0.4 is 5.32 Å². The number of piperidine rings is 1. The van der Waals surface area contributed by atoms with Gasteiger partial charge in [-0.1, -0.05) is 30.3 Å². The van der Waals surface area contributed by atoms with Gasteiger partial charge in [0.15, 0.2) is 6.04 Å². The Hall–Kier alpha value is -3.14. The van der Waals surface area contributed by atoms with Gasteiger partial charge in [0.05, 0.1) is 11.5 Å². The minimum atomic E-state index is -1.45. The first kappa shape index (κ1) is 27.4. The van der Waals surface area contributed by atoms with Gasteiger partial charge in [0, 0.05) is 19.6 Å². The largest absolute Gasteiger partial charge is 0.480 e. The topological polar surface area (TPSA) is 136 Å². The highest BCUT2D eigenvalue weighted by molar-refractivity contribution is 5.92. The van der Waals surface area contributed by atoms with Crippen LogP contribution in [0, 0.1) is 0 Å². The van der Waals surface area contributed by atoms with Crippen LogP contribution in [0.15, 0.2) is 30.3 Å². The molecular formula is C26H37N3O7. The van der Waals surface area contributed by atoms with E-state index in [1.165, 1.54) is 11.8 Å². The summed E-state index contributed by atoms with van der Waals surface area (Å²) in [4.78, 5) is 54.3. The normalized spacial score (nSPS) is 21.4. The van der Waals surface area contributed by atoms with Gasteiger partial charge in [-0.3, -0.25) is 14.5 Å². The van der Waals surface area contributed by atoms with Crippen molar-refractivity contribution >= 4 is 23.9 Å². The van der Waals surface area contributed by atoms with Gasteiger partial charge >= 0.3 is 12.1 Å². The molecule has 0 unspecified atom stereocenters. The van der Waals surface area contributed by atoms with Crippen molar-refractivity contribution in [3.05, 3.63) is 35.9 Å². The third kappa shape index (κ3) is 5.98. The van der Waals surface area contributed by atoms with Crippen LogP contribution in [0.2, 0.25) is 0 Å². The summed E-state index contributed by atoms with van der Waals surface area (Å²) in [6.45, 7) is 7.65. The second-order valence-electron chi connectivity index (χ2n) is 10.6. The smallest absolute Gasteiger partial charge is 0.410 e. The molecule has 2 saturated heterocycles. The maximum atomic E-state index is 13.5. The number of nitrogens with zero attached hydrogens (tertiary/aromatic N) is 2. The molecule has 0 saturated carbocycles. The number of hydrogen-bond donors (Lipinski definition) is 3. The summed E-state index contributed by atoms with van der Waals surface area (Å²) in [6.07, 6.45) is 0.0247. The van der Waals surface area contributed by atoms with Crippen molar-refractivity contribution in [1.29, 1.82) is 0 Å². The van der Waals surface area contributed by atoms with Crippen molar-refractivity contribution in [1.82, 2.24) is 15.1 Å². The summed E-state index contributed by atoms with van der Waals surface area (Å²) in [5, 5.41) is 21.8. The predicted molar refractivity (Wildman–Crippen MR) is 131 cm³/mol. The fourth-order valence-electron chi connectivity index (χ4n) is 4.95. The van der Waals surface area contributed by atoms with E-state index in [1.54, 1.807) is 25.7 Å².